The summed E-state index contributed by atoms with van der Waals surface area (Å²) in [6.07, 6.45) is -4.30. The fourth-order valence-corrected chi connectivity index (χ4v) is 2.93. The molecule has 1 amide bonds. The molecule has 1 atom stereocenters. The number of halogens is 3. The van der Waals surface area contributed by atoms with Crippen LogP contribution in [-0.2, 0) is 4.79 Å². The molecule has 0 saturated carbocycles. The molecule has 0 aromatic heterocycles. The van der Waals surface area contributed by atoms with Gasteiger partial charge in [0, 0.05) is 23.0 Å². The number of hydrogen-bond donors (Lipinski definition) is 2. The number of hydrogen-bond acceptors (Lipinski definition) is 3. The van der Waals surface area contributed by atoms with E-state index in [4.69, 9.17) is 0 Å². The van der Waals surface area contributed by atoms with E-state index < -0.39 is 12.6 Å². The molecular formula is C14H17F3N2OS. The monoisotopic (exact) mass is 318 g/mol. The van der Waals surface area contributed by atoms with Gasteiger partial charge in [-0.25, -0.2) is 0 Å². The van der Waals surface area contributed by atoms with Crippen molar-refractivity contribution in [2.45, 2.75) is 43.3 Å². The van der Waals surface area contributed by atoms with E-state index in [0.717, 1.165) is 16.3 Å². The summed E-state index contributed by atoms with van der Waals surface area (Å²) in [4.78, 5) is 12.3. The lowest BCUT2D eigenvalue weighted by Crippen LogP contribution is -2.20. The number of carbonyl (C=O) groups is 1. The maximum atomic E-state index is 12.1. The highest BCUT2D eigenvalue weighted by Gasteiger charge is 2.26. The third-order valence-electron chi connectivity index (χ3n) is 3.12. The van der Waals surface area contributed by atoms with E-state index >= 15 is 0 Å². The number of fused-ring (bicyclic) bond motifs is 1. The molecule has 1 unspecified atom stereocenters. The summed E-state index contributed by atoms with van der Waals surface area (Å²) >= 11 is 1.48. The Balaban J connectivity index is 1.88. The smallest absolute Gasteiger partial charge is 0.383 e. The van der Waals surface area contributed by atoms with Crippen molar-refractivity contribution >= 4 is 29.0 Å². The minimum atomic E-state index is -4.09. The Kier molecular flexibility index (Phi) is 5.03. The van der Waals surface area contributed by atoms with Gasteiger partial charge in [0.1, 0.15) is 0 Å². The van der Waals surface area contributed by atoms with Crippen molar-refractivity contribution in [1.82, 2.24) is 0 Å². The Morgan fingerprint density at radius 2 is 2.19 bits per heavy atom. The normalized spacial score (nSPS) is 16.1. The second-order valence-electron chi connectivity index (χ2n) is 5.10. The van der Waals surface area contributed by atoms with Crippen LogP contribution in [0.1, 0.15) is 26.2 Å². The Labute approximate surface area is 125 Å². The minimum absolute atomic E-state index is 0.0390. The Hall–Kier alpha value is -1.37. The summed E-state index contributed by atoms with van der Waals surface area (Å²) in [5.74, 6) is 0.371. The van der Waals surface area contributed by atoms with Crippen LogP contribution in [-0.4, -0.2) is 23.9 Å². The Morgan fingerprint density at radius 1 is 1.43 bits per heavy atom. The van der Waals surface area contributed by atoms with Gasteiger partial charge in [-0.1, -0.05) is 0 Å². The van der Waals surface area contributed by atoms with Crippen LogP contribution in [0.2, 0.25) is 0 Å². The summed E-state index contributed by atoms with van der Waals surface area (Å²) in [5, 5.41) is 5.95. The fourth-order valence-electron chi connectivity index (χ4n) is 2.14. The van der Waals surface area contributed by atoms with Crippen molar-refractivity contribution in [1.29, 1.82) is 0 Å². The van der Waals surface area contributed by atoms with Gasteiger partial charge in [0.2, 0.25) is 5.91 Å². The molecule has 1 heterocycles. The number of anilines is 2. The van der Waals surface area contributed by atoms with E-state index in [1.807, 2.05) is 25.1 Å². The summed E-state index contributed by atoms with van der Waals surface area (Å²) in [7, 11) is 0. The minimum Gasteiger partial charge on any atom is -0.383 e. The van der Waals surface area contributed by atoms with Crippen molar-refractivity contribution in [3.05, 3.63) is 18.2 Å². The van der Waals surface area contributed by atoms with Gasteiger partial charge in [-0.3, -0.25) is 4.79 Å². The molecule has 2 rings (SSSR count). The molecular weight excluding hydrogens is 301 g/mol. The molecule has 0 radical (unpaired) electrons. The number of nitrogens with one attached hydrogen (secondary N) is 2. The predicted octanol–water partition coefficient (Wildman–Crippen LogP) is 4.26. The van der Waals surface area contributed by atoms with E-state index in [1.165, 1.54) is 11.8 Å². The van der Waals surface area contributed by atoms with Crippen LogP contribution in [0.25, 0.3) is 0 Å². The zero-order valence-corrected chi connectivity index (χ0v) is 12.4. The molecule has 116 valence electrons. The first kappa shape index (κ1) is 16.0. The largest absolute Gasteiger partial charge is 0.389 e. The molecule has 2 N–H and O–H groups in total. The summed E-state index contributed by atoms with van der Waals surface area (Å²) in [6.45, 7) is 1.85. The number of amides is 1. The SMILES string of the molecule is CC(CCCC(F)(F)F)Nc1ccc2c(c1)NC(=O)CS2. The van der Waals surface area contributed by atoms with Crippen LogP contribution in [0, 0.1) is 0 Å². The second kappa shape index (κ2) is 6.60. The molecule has 3 nitrogen and oxygen atoms in total. The molecule has 0 bridgehead atoms. The number of carbonyl (C=O) groups excluding carboxylic acids is 1. The first-order valence-electron chi connectivity index (χ1n) is 6.73. The number of thioether (sulfide) groups is 1. The van der Waals surface area contributed by atoms with Crippen LogP contribution in [0.15, 0.2) is 23.1 Å². The van der Waals surface area contributed by atoms with Crippen molar-refractivity contribution < 1.29 is 18.0 Å². The number of alkyl halides is 3. The van der Waals surface area contributed by atoms with Gasteiger partial charge >= 0.3 is 6.18 Å². The van der Waals surface area contributed by atoms with Crippen LogP contribution in [0.5, 0.6) is 0 Å². The lowest BCUT2D eigenvalue weighted by atomic mass is 10.1. The summed E-state index contributed by atoms with van der Waals surface area (Å²) in [6, 6.07) is 5.55. The molecule has 1 aromatic carbocycles. The van der Waals surface area contributed by atoms with Crippen molar-refractivity contribution in [3.8, 4) is 0 Å². The fraction of sp³-hybridized carbons (Fsp3) is 0.500. The van der Waals surface area contributed by atoms with Crippen molar-refractivity contribution in [2.24, 2.45) is 0 Å². The van der Waals surface area contributed by atoms with Gasteiger partial charge in [0.15, 0.2) is 0 Å². The van der Waals surface area contributed by atoms with Gasteiger partial charge < -0.3 is 10.6 Å². The maximum Gasteiger partial charge on any atom is 0.389 e. The Bertz CT molecular complexity index is 519. The highest BCUT2D eigenvalue weighted by molar-refractivity contribution is 8.00. The van der Waals surface area contributed by atoms with Gasteiger partial charge in [-0.05, 0) is 38.0 Å². The average Bonchev–Trinajstić information content (AvgIpc) is 2.36. The zero-order chi connectivity index (χ0) is 15.5. The summed E-state index contributed by atoms with van der Waals surface area (Å²) < 4.78 is 36.3. The highest BCUT2D eigenvalue weighted by atomic mass is 32.2. The van der Waals surface area contributed by atoms with Crippen LogP contribution in [0.3, 0.4) is 0 Å². The van der Waals surface area contributed by atoms with Crippen LogP contribution >= 0.6 is 11.8 Å². The standard InChI is InChI=1S/C14H17F3N2OS/c1-9(3-2-6-14(15,16)17)18-10-4-5-12-11(7-10)19-13(20)8-21-12/h4-5,7,9,18H,2-3,6,8H2,1H3,(H,19,20). The molecule has 0 saturated heterocycles. The van der Waals surface area contributed by atoms with Gasteiger partial charge in [0.05, 0.1) is 11.4 Å². The topological polar surface area (TPSA) is 41.1 Å². The van der Waals surface area contributed by atoms with E-state index in [-0.39, 0.29) is 18.4 Å². The molecule has 1 aliphatic rings. The molecule has 21 heavy (non-hydrogen) atoms. The van der Waals surface area contributed by atoms with E-state index in [9.17, 15) is 18.0 Å². The van der Waals surface area contributed by atoms with Crippen LogP contribution in [0.4, 0.5) is 24.5 Å². The van der Waals surface area contributed by atoms with E-state index in [2.05, 4.69) is 10.6 Å². The third kappa shape index (κ3) is 5.15. The van der Waals surface area contributed by atoms with Crippen LogP contribution < -0.4 is 10.6 Å². The molecule has 0 fully saturated rings. The number of benzene rings is 1. The molecule has 1 aromatic rings. The highest BCUT2D eigenvalue weighted by Crippen LogP contribution is 2.33. The average molecular weight is 318 g/mol. The van der Waals surface area contributed by atoms with Crippen molar-refractivity contribution in [3.63, 3.8) is 0 Å². The maximum absolute atomic E-state index is 12.1. The number of rotatable bonds is 5. The lowest BCUT2D eigenvalue weighted by molar-refractivity contribution is -0.135. The van der Waals surface area contributed by atoms with Gasteiger partial charge in [-0.2, -0.15) is 13.2 Å². The summed E-state index contributed by atoms with van der Waals surface area (Å²) in [5.41, 5.74) is 1.56. The molecule has 1 aliphatic heterocycles. The molecule has 7 heteroatoms. The second-order valence-corrected chi connectivity index (χ2v) is 6.12. The first-order valence-corrected chi connectivity index (χ1v) is 7.72. The third-order valence-corrected chi connectivity index (χ3v) is 4.20. The first-order chi connectivity index (χ1) is 9.83. The zero-order valence-electron chi connectivity index (χ0n) is 11.6. The molecule has 0 spiro atoms. The van der Waals surface area contributed by atoms with Crippen molar-refractivity contribution in [2.75, 3.05) is 16.4 Å². The molecule has 0 aliphatic carbocycles. The van der Waals surface area contributed by atoms with E-state index in [1.54, 1.807) is 0 Å². The van der Waals surface area contributed by atoms with Gasteiger partial charge in [0.25, 0.3) is 0 Å². The van der Waals surface area contributed by atoms with Gasteiger partial charge in [-0.15, -0.1) is 11.8 Å². The van der Waals surface area contributed by atoms with E-state index in [0.29, 0.717) is 12.2 Å². The predicted molar refractivity (Wildman–Crippen MR) is 78.8 cm³/mol. The Morgan fingerprint density at radius 3 is 2.90 bits per heavy atom. The lowest BCUT2D eigenvalue weighted by Gasteiger charge is -2.20. The quantitative estimate of drug-likeness (QED) is 0.852.